The van der Waals surface area contributed by atoms with E-state index in [1.165, 1.54) is 6.20 Å². The monoisotopic (exact) mass is 403 g/mol. The Bertz CT molecular complexity index is 1060. The molecule has 3 aromatic heterocycles. The Labute approximate surface area is 165 Å². The molecule has 4 rings (SSSR count). The van der Waals surface area contributed by atoms with Crippen LogP contribution in [0.4, 0.5) is 13.2 Å². The fraction of sp³-hybridized carbons (Fsp3) is 0.400. The zero-order valence-electron chi connectivity index (χ0n) is 16.1. The van der Waals surface area contributed by atoms with Crippen molar-refractivity contribution in [3.63, 3.8) is 0 Å². The number of rotatable bonds is 3. The Balaban J connectivity index is 1.73. The Kier molecular flexibility index (Phi) is 4.76. The number of aryl methyl sites for hydroxylation is 2. The summed E-state index contributed by atoms with van der Waals surface area (Å²) in [5.41, 5.74) is 1.31. The Morgan fingerprint density at radius 1 is 1.28 bits per heavy atom. The van der Waals surface area contributed by atoms with E-state index in [9.17, 15) is 18.0 Å². The molecular weight excluding hydrogens is 383 g/mol. The third-order valence-electron chi connectivity index (χ3n) is 5.17. The number of carbonyl (C=O) groups excluding carboxylic acids is 1. The number of hydrogen-bond donors (Lipinski definition) is 0. The summed E-state index contributed by atoms with van der Waals surface area (Å²) in [6.07, 6.45) is -1.25. The van der Waals surface area contributed by atoms with Crippen molar-refractivity contribution < 1.29 is 18.0 Å². The second-order valence-corrected chi connectivity index (χ2v) is 7.17. The van der Waals surface area contributed by atoms with E-state index >= 15 is 0 Å². The Morgan fingerprint density at radius 2 is 2.07 bits per heavy atom. The molecule has 0 aliphatic carbocycles. The van der Waals surface area contributed by atoms with Gasteiger partial charge in [0.15, 0.2) is 5.65 Å². The highest BCUT2D eigenvalue weighted by Gasteiger charge is 2.37. The number of likely N-dealkylation sites (tertiary alicyclic amines) is 1. The summed E-state index contributed by atoms with van der Waals surface area (Å²) in [6.45, 7) is 4.10. The second kappa shape index (κ2) is 7.13. The van der Waals surface area contributed by atoms with Crippen LogP contribution in [0, 0.1) is 6.92 Å². The normalized spacial score (nSPS) is 17.3. The molecule has 1 aliphatic rings. The third-order valence-corrected chi connectivity index (χ3v) is 5.17. The average molecular weight is 403 g/mol. The number of alkyl halides is 3. The molecule has 0 radical (unpaired) electrons. The molecule has 9 heteroatoms. The summed E-state index contributed by atoms with van der Waals surface area (Å²) in [4.78, 5) is 23.0. The third kappa shape index (κ3) is 3.56. The fourth-order valence-electron chi connectivity index (χ4n) is 3.67. The van der Waals surface area contributed by atoms with Gasteiger partial charge in [-0.2, -0.15) is 18.3 Å². The van der Waals surface area contributed by atoms with Gasteiger partial charge in [-0.25, -0.2) is 9.50 Å². The molecule has 0 unspecified atom stereocenters. The van der Waals surface area contributed by atoms with Gasteiger partial charge in [0.05, 0.1) is 17.3 Å². The first-order chi connectivity index (χ1) is 13.8. The van der Waals surface area contributed by atoms with Gasteiger partial charge in [-0.1, -0.05) is 6.92 Å². The molecule has 0 bridgehead atoms. The zero-order chi connectivity index (χ0) is 20.8. The first-order valence-electron chi connectivity index (χ1n) is 9.48. The summed E-state index contributed by atoms with van der Waals surface area (Å²) in [7, 11) is 0. The quantitative estimate of drug-likeness (QED) is 0.663. The van der Waals surface area contributed by atoms with Crippen LogP contribution in [0.25, 0.3) is 5.65 Å². The number of pyridine rings is 1. The zero-order valence-corrected chi connectivity index (χ0v) is 16.1. The lowest BCUT2D eigenvalue weighted by Gasteiger charge is -2.23. The molecule has 1 fully saturated rings. The summed E-state index contributed by atoms with van der Waals surface area (Å²) < 4.78 is 41.4. The van der Waals surface area contributed by atoms with Gasteiger partial charge in [-0.15, -0.1) is 0 Å². The van der Waals surface area contributed by atoms with Gasteiger partial charge in [-0.3, -0.25) is 9.78 Å². The molecule has 29 heavy (non-hydrogen) atoms. The van der Waals surface area contributed by atoms with Crippen molar-refractivity contribution in [3.8, 4) is 0 Å². The van der Waals surface area contributed by atoms with Crippen molar-refractivity contribution in [2.75, 3.05) is 6.54 Å². The van der Waals surface area contributed by atoms with Crippen LogP contribution in [0.5, 0.6) is 0 Å². The highest BCUT2D eigenvalue weighted by Crippen LogP contribution is 2.35. The number of aromatic nitrogens is 4. The maximum absolute atomic E-state index is 13.5. The van der Waals surface area contributed by atoms with Gasteiger partial charge in [0.2, 0.25) is 0 Å². The second-order valence-electron chi connectivity index (χ2n) is 7.17. The van der Waals surface area contributed by atoms with E-state index in [1.54, 1.807) is 30.0 Å². The summed E-state index contributed by atoms with van der Waals surface area (Å²) in [6, 6.07) is 5.66. The summed E-state index contributed by atoms with van der Waals surface area (Å²) in [5, 5.41) is 4.20. The van der Waals surface area contributed by atoms with E-state index in [2.05, 4.69) is 15.1 Å². The van der Waals surface area contributed by atoms with Crippen LogP contribution in [0.1, 0.15) is 58.9 Å². The Hall–Kier alpha value is -2.97. The predicted molar refractivity (Wildman–Crippen MR) is 99.4 cm³/mol. The predicted octanol–water partition coefficient (Wildman–Crippen LogP) is 3.99. The molecule has 0 saturated carbocycles. The van der Waals surface area contributed by atoms with E-state index in [0.717, 1.165) is 22.7 Å². The van der Waals surface area contributed by atoms with E-state index in [4.69, 9.17) is 0 Å². The van der Waals surface area contributed by atoms with Crippen LogP contribution in [0.15, 0.2) is 30.5 Å². The number of fused-ring (bicyclic) bond motifs is 1. The van der Waals surface area contributed by atoms with Crippen LogP contribution >= 0.6 is 0 Å². The molecule has 0 N–H and O–H groups in total. The van der Waals surface area contributed by atoms with Crippen molar-refractivity contribution in [1.29, 1.82) is 0 Å². The maximum Gasteiger partial charge on any atom is 0.433 e. The molecule has 6 nitrogen and oxygen atoms in total. The molecule has 0 spiro atoms. The van der Waals surface area contributed by atoms with Crippen molar-refractivity contribution in [1.82, 2.24) is 24.5 Å². The van der Waals surface area contributed by atoms with Gasteiger partial charge in [0, 0.05) is 30.2 Å². The summed E-state index contributed by atoms with van der Waals surface area (Å²) in [5.74, 6) is -0.199. The van der Waals surface area contributed by atoms with Gasteiger partial charge in [-0.05, 0) is 44.4 Å². The lowest BCUT2D eigenvalue weighted by atomic mass is 10.1. The van der Waals surface area contributed by atoms with Gasteiger partial charge < -0.3 is 4.90 Å². The first kappa shape index (κ1) is 19.4. The summed E-state index contributed by atoms with van der Waals surface area (Å²) >= 11 is 0. The lowest BCUT2D eigenvalue weighted by molar-refractivity contribution is -0.142. The molecule has 1 saturated heterocycles. The van der Waals surface area contributed by atoms with Gasteiger partial charge in [0.1, 0.15) is 5.69 Å². The molecule has 152 valence electrons. The van der Waals surface area contributed by atoms with E-state index in [0.29, 0.717) is 36.3 Å². The standard InChI is InChI=1S/C20H20F3N5O/c1-3-14-9-17(20(21,22)23)28-18(25-14)10-15(26-28)16-5-4-8-27(16)19(29)13-7-6-12(2)24-11-13/h6-7,9-11,16H,3-5,8H2,1-2H3/t16-/m1/s1. The number of amides is 1. The van der Waals surface area contributed by atoms with E-state index in [1.807, 2.05) is 6.92 Å². The van der Waals surface area contributed by atoms with Crippen LogP contribution in [0.3, 0.4) is 0 Å². The molecule has 1 amide bonds. The number of halogens is 3. The lowest BCUT2D eigenvalue weighted by Crippen LogP contribution is -2.31. The number of carbonyl (C=O) groups is 1. The topological polar surface area (TPSA) is 63.4 Å². The average Bonchev–Trinajstić information content (AvgIpc) is 3.32. The van der Waals surface area contributed by atoms with Crippen LogP contribution in [-0.2, 0) is 12.6 Å². The number of nitrogens with zero attached hydrogens (tertiary/aromatic N) is 5. The Morgan fingerprint density at radius 3 is 2.72 bits per heavy atom. The molecule has 4 heterocycles. The number of hydrogen-bond acceptors (Lipinski definition) is 4. The van der Waals surface area contributed by atoms with Crippen LogP contribution < -0.4 is 0 Å². The van der Waals surface area contributed by atoms with Gasteiger partial charge >= 0.3 is 6.18 Å². The SMILES string of the molecule is CCc1cc(C(F)(F)F)n2nc([C@H]3CCCN3C(=O)c3ccc(C)nc3)cc2n1. The van der Waals surface area contributed by atoms with Crippen molar-refractivity contribution >= 4 is 11.6 Å². The minimum absolute atomic E-state index is 0.142. The van der Waals surface area contributed by atoms with Crippen LogP contribution in [0.2, 0.25) is 0 Å². The smallest absolute Gasteiger partial charge is 0.330 e. The maximum atomic E-state index is 13.5. The minimum atomic E-state index is -4.55. The molecule has 0 aromatic carbocycles. The highest BCUT2D eigenvalue weighted by atomic mass is 19.4. The van der Waals surface area contributed by atoms with Gasteiger partial charge in [0.25, 0.3) is 5.91 Å². The van der Waals surface area contributed by atoms with Crippen molar-refractivity contribution in [2.24, 2.45) is 0 Å². The van der Waals surface area contributed by atoms with Crippen LogP contribution in [-0.4, -0.2) is 36.9 Å². The highest BCUT2D eigenvalue weighted by molar-refractivity contribution is 5.94. The molecule has 3 aromatic rings. The first-order valence-corrected chi connectivity index (χ1v) is 9.48. The largest absolute Gasteiger partial charge is 0.433 e. The minimum Gasteiger partial charge on any atom is -0.330 e. The van der Waals surface area contributed by atoms with E-state index < -0.39 is 17.9 Å². The van der Waals surface area contributed by atoms with E-state index in [-0.39, 0.29) is 11.6 Å². The molecule has 1 aliphatic heterocycles. The van der Waals surface area contributed by atoms with Crippen molar-refractivity contribution in [3.05, 3.63) is 58.8 Å². The molecular formula is C20H20F3N5O. The fourth-order valence-corrected chi connectivity index (χ4v) is 3.67. The molecule has 1 atom stereocenters. The van der Waals surface area contributed by atoms with Crippen molar-refractivity contribution in [2.45, 2.75) is 45.3 Å².